The number of aryl methyl sites for hydroxylation is 1. The summed E-state index contributed by atoms with van der Waals surface area (Å²) in [5, 5.41) is 0. The van der Waals surface area contributed by atoms with Crippen LogP contribution in [0.25, 0.3) is 0 Å². The third-order valence-electron chi connectivity index (χ3n) is 3.57. The van der Waals surface area contributed by atoms with E-state index in [1.54, 1.807) is 6.92 Å². The van der Waals surface area contributed by atoms with Crippen molar-refractivity contribution in [1.29, 1.82) is 0 Å². The summed E-state index contributed by atoms with van der Waals surface area (Å²) in [5.41, 5.74) is 6.46. The van der Waals surface area contributed by atoms with Crippen LogP contribution in [0.15, 0.2) is 23.1 Å². The van der Waals surface area contributed by atoms with Gasteiger partial charge >= 0.3 is 0 Å². The lowest BCUT2D eigenvalue weighted by Crippen LogP contribution is -2.49. The number of halogens is 1. The number of hydrogen-bond acceptors (Lipinski definition) is 3. The predicted octanol–water partition coefficient (Wildman–Crippen LogP) is 1.68. The Kier molecular flexibility index (Phi) is 4.23. The Hall–Kier alpha value is -0.980. The summed E-state index contributed by atoms with van der Waals surface area (Å²) in [7, 11) is -3.72. The quantitative estimate of drug-likeness (QED) is 0.888. The Balaban J connectivity index is 2.24. The average molecular weight is 286 g/mol. The second-order valence-corrected chi connectivity index (χ2v) is 6.77. The van der Waals surface area contributed by atoms with E-state index in [9.17, 15) is 12.8 Å². The van der Waals surface area contributed by atoms with Gasteiger partial charge in [-0.15, -0.1) is 0 Å². The predicted molar refractivity (Wildman–Crippen MR) is 71.7 cm³/mol. The van der Waals surface area contributed by atoms with Gasteiger partial charge in [-0.1, -0.05) is 18.9 Å². The summed E-state index contributed by atoms with van der Waals surface area (Å²) in [4.78, 5) is -0.00901. The minimum absolute atomic E-state index is 0.00901. The van der Waals surface area contributed by atoms with Gasteiger partial charge in [-0.2, -0.15) is 0 Å². The fourth-order valence-corrected chi connectivity index (χ4v) is 4.01. The van der Waals surface area contributed by atoms with Crippen LogP contribution in [-0.4, -0.2) is 20.5 Å². The number of sulfonamides is 1. The molecular formula is C13H19FN2O2S. The highest BCUT2D eigenvalue weighted by molar-refractivity contribution is 7.89. The molecule has 0 unspecified atom stereocenters. The fourth-order valence-electron chi connectivity index (χ4n) is 2.43. The molecule has 3 N–H and O–H groups in total. The Bertz CT molecular complexity index is 560. The first-order chi connectivity index (χ1) is 8.90. The fraction of sp³-hybridized carbons (Fsp3) is 0.538. The van der Waals surface area contributed by atoms with Crippen LogP contribution in [0.2, 0.25) is 0 Å². The van der Waals surface area contributed by atoms with Gasteiger partial charge in [0.25, 0.3) is 0 Å². The van der Waals surface area contributed by atoms with E-state index in [4.69, 9.17) is 5.73 Å². The molecule has 0 aromatic heterocycles. The number of benzene rings is 1. The van der Waals surface area contributed by atoms with Gasteiger partial charge in [0.15, 0.2) is 0 Å². The molecule has 19 heavy (non-hydrogen) atoms. The highest BCUT2D eigenvalue weighted by Gasteiger charge is 2.28. The monoisotopic (exact) mass is 286 g/mol. The zero-order valence-corrected chi connectivity index (χ0v) is 11.7. The van der Waals surface area contributed by atoms with Gasteiger partial charge in [-0.3, -0.25) is 0 Å². The molecule has 0 radical (unpaired) electrons. The number of nitrogens with two attached hydrogens (primary N) is 1. The van der Waals surface area contributed by atoms with Crippen molar-refractivity contribution in [2.45, 2.75) is 49.6 Å². The maximum Gasteiger partial charge on any atom is 0.241 e. The Morgan fingerprint density at radius 1 is 1.32 bits per heavy atom. The lowest BCUT2D eigenvalue weighted by molar-refractivity contribution is 0.361. The molecule has 1 saturated carbocycles. The molecule has 4 nitrogen and oxygen atoms in total. The smallest absolute Gasteiger partial charge is 0.241 e. The maximum atomic E-state index is 13.2. The molecule has 6 heteroatoms. The van der Waals surface area contributed by atoms with Crippen LogP contribution in [0, 0.1) is 12.7 Å². The molecule has 1 aromatic rings. The first kappa shape index (κ1) is 14.4. The number of hydrogen-bond donors (Lipinski definition) is 2. The molecule has 0 bridgehead atoms. The second-order valence-electron chi connectivity index (χ2n) is 5.09. The van der Waals surface area contributed by atoms with E-state index in [1.165, 1.54) is 12.1 Å². The van der Waals surface area contributed by atoms with Crippen molar-refractivity contribution in [1.82, 2.24) is 4.72 Å². The van der Waals surface area contributed by atoms with E-state index in [-0.39, 0.29) is 17.0 Å². The van der Waals surface area contributed by atoms with Gasteiger partial charge in [-0.05, 0) is 37.5 Å². The normalized spacial score (nSPS) is 24.4. The van der Waals surface area contributed by atoms with E-state index >= 15 is 0 Å². The van der Waals surface area contributed by atoms with Crippen molar-refractivity contribution in [2.75, 3.05) is 0 Å². The molecule has 106 valence electrons. The molecule has 0 saturated heterocycles. The molecule has 2 rings (SSSR count). The highest BCUT2D eigenvalue weighted by atomic mass is 32.2. The maximum absolute atomic E-state index is 13.2. The summed E-state index contributed by atoms with van der Waals surface area (Å²) in [5.74, 6) is -0.557. The Morgan fingerprint density at radius 2 is 2.00 bits per heavy atom. The zero-order chi connectivity index (χ0) is 14.0. The van der Waals surface area contributed by atoms with Gasteiger partial charge < -0.3 is 5.73 Å². The molecule has 1 aliphatic carbocycles. The van der Waals surface area contributed by atoms with Gasteiger partial charge in [0, 0.05) is 12.1 Å². The molecule has 0 spiro atoms. The topological polar surface area (TPSA) is 72.2 Å². The standard InChI is InChI=1S/C13H19FN2O2S/c1-9-6-7-10(14)8-13(9)19(17,18)16-12-5-3-2-4-11(12)15/h6-8,11-12,16H,2-5,15H2,1H3/t11-,12-/m1/s1. The minimum Gasteiger partial charge on any atom is -0.326 e. The molecule has 1 aliphatic rings. The summed E-state index contributed by atoms with van der Waals surface area (Å²) in [6, 6.07) is 3.33. The van der Waals surface area contributed by atoms with Crippen LogP contribution >= 0.6 is 0 Å². The molecule has 0 heterocycles. The van der Waals surface area contributed by atoms with Crippen LogP contribution in [0.3, 0.4) is 0 Å². The average Bonchev–Trinajstić information content (AvgIpc) is 2.35. The van der Waals surface area contributed by atoms with Crippen molar-refractivity contribution in [3.05, 3.63) is 29.6 Å². The highest BCUT2D eigenvalue weighted by Crippen LogP contribution is 2.21. The van der Waals surface area contributed by atoms with Crippen molar-refractivity contribution in [3.63, 3.8) is 0 Å². The molecule has 0 aliphatic heterocycles. The van der Waals surface area contributed by atoms with E-state index < -0.39 is 15.8 Å². The van der Waals surface area contributed by atoms with Crippen molar-refractivity contribution >= 4 is 10.0 Å². The van der Waals surface area contributed by atoms with Crippen LogP contribution in [-0.2, 0) is 10.0 Å². The van der Waals surface area contributed by atoms with Crippen LogP contribution in [0.4, 0.5) is 4.39 Å². The first-order valence-corrected chi connectivity index (χ1v) is 7.92. The van der Waals surface area contributed by atoms with Crippen LogP contribution in [0.1, 0.15) is 31.2 Å². The summed E-state index contributed by atoms with van der Waals surface area (Å²) in [6.45, 7) is 1.65. The number of nitrogens with one attached hydrogen (secondary N) is 1. The van der Waals surface area contributed by atoms with Crippen molar-refractivity contribution < 1.29 is 12.8 Å². The zero-order valence-electron chi connectivity index (χ0n) is 10.9. The van der Waals surface area contributed by atoms with Gasteiger partial charge in [0.1, 0.15) is 5.82 Å². The minimum atomic E-state index is -3.72. The summed E-state index contributed by atoms with van der Waals surface area (Å²) < 4.78 is 40.4. The van der Waals surface area contributed by atoms with E-state index in [0.29, 0.717) is 5.56 Å². The summed E-state index contributed by atoms with van der Waals surface area (Å²) in [6.07, 6.45) is 3.53. The second kappa shape index (κ2) is 5.56. The van der Waals surface area contributed by atoms with E-state index in [2.05, 4.69) is 4.72 Å². The molecular weight excluding hydrogens is 267 g/mol. The lowest BCUT2D eigenvalue weighted by Gasteiger charge is -2.29. The number of rotatable bonds is 3. The third kappa shape index (κ3) is 3.32. The molecule has 0 amide bonds. The van der Waals surface area contributed by atoms with E-state index in [0.717, 1.165) is 31.7 Å². The Labute approximate surface area is 113 Å². The molecule has 1 aromatic carbocycles. The van der Waals surface area contributed by atoms with Crippen molar-refractivity contribution in [3.8, 4) is 0 Å². The largest absolute Gasteiger partial charge is 0.326 e. The van der Waals surface area contributed by atoms with E-state index in [1.807, 2.05) is 0 Å². The molecule has 1 fully saturated rings. The Morgan fingerprint density at radius 3 is 2.68 bits per heavy atom. The van der Waals surface area contributed by atoms with Gasteiger partial charge in [0.2, 0.25) is 10.0 Å². The summed E-state index contributed by atoms with van der Waals surface area (Å²) >= 11 is 0. The third-order valence-corrected chi connectivity index (χ3v) is 5.20. The van der Waals surface area contributed by atoms with Crippen LogP contribution < -0.4 is 10.5 Å². The SMILES string of the molecule is Cc1ccc(F)cc1S(=O)(=O)N[C@@H]1CCCC[C@H]1N. The molecule has 2 atom stereocenters. The van der Waals surface area contributed by atoms with Crippen LogP contribution in [0.5, 0.6) is 0 Å². The van der Waals surface area contributed by atoms with Gasteiger partial charge in [-0.25, -0.2) is 17.5 Å². The van der Waals surface area contributed by atoms with Crippen molar-refractivity contribution in [2.24, 2.45) is 5.73 Å². The first-order valence-electron chi connectivity index (χ1n) is 6.44. The lowest BCUT2D eigenvalue weighted by atomic mass is 9.92. The van der Waals surface area contributed by atoms with Gasteiger partial charge in [0.05, 0.1) is 4.90 Å².